The topological polar surface area (TPSA) is 125 Å². The number of rotatable bonds is 4. The lowest BCUT2D eigenvalue weighted by Gasteiger charge is -2.10. The largest absolute Gasteiger partial charge is 0.478 e. The van der Waals surface area contributed by atoms with Crippen molar-refractivity contribution < 1.29 is 23.1 Å². The number of hydrogen-bond donors (Lipinski definition) is 3. The number of hydrogen-bond acceptors (Lipinski definition) is 5. The molecule has 1 aromatic heterocycles. The highest BCUT2D eigenvalue weighted by Crippen LogP contribution is 2.15. The molecular weight excluding hydrogens is 334 g/mol. The first kappa shape index (κ1) is 17.4. The summed E-state index contributed by atoms with van der Waals surface area (Å²) in [6.07, 6.45) is 0. The molecular formula is C15H15N3O5S. The number of sulfonamides is 1. The molecule has 0 saturated carbocycles. The lowest BCUT2D eigenvalue weighted by atomic mass is 10.2. The minimum atomic E-state index is -4.35. The SMILES string of the molecule is Cc1cc(C)nc(NC(=O)NS(=O)(=O)c2ccccc2C(=O)O)c1. The average Bonchev–Trinajstić information content (AvgIpc) is 2.45. The van der Waals surface area contributed by atoms with Gasteiger partial charge in [0.1, 0.15) is 10.7 Å². The number of carboxylic acid groups (broad SMARTS) is 1. The Bertz CT molecular complexity index is 889. The molecule has 0 spiro atoms. The van der Waals surface area contributed by atoms with Crippen LogP contribution in [0.5, 0.6) is 0 Å². The average molecular weight is 349 g/mol. The molecule has 0 fully saturated rings. The van der Waals surface area contributed by atoms with Crippen molar-refractivity contribution >= 4 is 27.8 Å². The first-order valence-electron chi connectivity index (χ1n) is 6.80. The Morgan fingerprint density at radius 3 is 2.42 bits per heavy atom. The summed E-state index contributed by atoms with van der Waals surface area (Å²) in [6, 6.07) is 7.33. The molecule has 8 nitrogen and oxygen atoms in total. The Labute approximate surface area is 138 Å². The van der Waals surface area contributed by atoms with Gasteiger partial charge in [-0.15, -0.1) is 0 Å². The predicted octanol–water partition coefficient (Wildman–Crippen LogP) is 1.91. The van der Waals surface area contributed by atoms with Gasteiger partial charge >= 0.3 is 12.0 Å². The lowest BCUT2D eigenvalue weighted by molar-refractivity contribution is 0.0692. The van der Waals surface area contributed by atoms with Crippen LogP contribution in [0.2, 0.25) is 0 Å². The van der Waals surface area contributed by atoms with Crippen LogP contribution >= 0.6 is 0 Å². The van der Waals surface area contributed by atoms with Gasteiger partial charge < -0.3 is 5.11 Å². The van der Waals surface area contributed by atoms with E-state index in [1.165, 1.54) is 12.1 Å². The van der Waals surface area contributed by atoms with E-state index in [1.807, 2.05) is 0 Å². The van der Waals surface area contributed by atoms with Gasteiger partial charge in [0.25, 0.3) is 10.0 Å². The number of carboxylic acids is 1. The van der Waals surface area contributed by atoms with Crippen LogP contribution in [-0.2, 0) is 10.0 Å². The predicted molar refractivity (Wildman–Crippen MR) is 86.5 cm³/mol. The maximum Gasteiger partial charge on any atom is 0.337 e. The lowest BCUT2D eigenvalue weighted by Crippen LogP contribution is -2.35. The Morgan fingerprint density at radius 2 is 1.79 bits per heavy atom. The van der Waals surface area contributed by atoms with E-state index in [2.05, 4.69) is 10.3 Å². The molecule has 0 radical (unpaired) electrons. The van der Waals surface area contributed by atoms with Crippen molar-refractivity contribution in [2.24, 2.45) is 0 Å². The molecule has 2 rings (SSSR count). The van der Waals surface area contributed by atoms with Crippen molar-refractivity contribution in [1.82, 2.24) is 9.71 Å². The summed E-state index contributed by atoms with van der Waals surface area (Å²) in [4.78, 5) is 26.6. The fourth-order valence-corrected chi connectivity index (χ4v) is 3.21. The van der Waals surface area contributed by atoms with Gasteiger partial charge in [-0.25, -0.2) is 27.7 Å². The molecule has 1 aromatic carbocycles. The first-order chi connectivity index (χ1) is 11.2. The van der Waals surface area contributed by atoms with Crippen LogP contribution in [0.4, 0.5) is 10.6 Å². The molecule has 24 heavy (non-hydrogen) atoms. The zero-order chi connectivity index (χ0) is 17.9. The number of aromatic carboxylic acids is 1. The molecule has 0 atom stereocenters. The number of pyridine rings is 1. The van der Waals surface area contributed by atoms with Gasteiger partial charge in [-0.1, -0.05) is 12.1 Å². The summed E-state index contributed by atoms with van der Waals surface area (Å²) in [7, 11) is -4.35. The van der Waals surface area contributed by atoms with Crippen LogP contribution in [0.15, 0.2) is 41.3 Å². The fourth-order valence-electron chi connectivity index (χ4n) is 2.10. The summed E-state index contributed by atoms with van der Waals surface area (Å²) < 4.78 is 26.2. The molecule has 1 heterocycles. The zero-order valence-corrected chi connectivity index (χ0v) is 13.7. The second-order valence-corrected chi connectivity index (χ2v) is 6.68. The standard InChI is InChI=1S/C15H15N3O5S/c1-9-7-10(2)16-13(8-9)17-15(21)18-24(22,23)12-6-4-3-5-11(12)14(19)20/h3-8H,1-2H3,(H,19,20)(H2,16,17,18,21). The number of nitrogens with one attached hydrogen (secondary N) is 2. The van der Waals surface area contributed by atoms with Crippen LogP contribution in [0.25, 0.3) is 0 Å². The molecule has 126 valence electrons. The summed E-state index contributed by atoms with van der Waals surface area (Å²) in [5, 5.41) is 11.4. The van der Waals surface area contributed by atoms with Crippen LogP contribution < -0.4 is 10.0 Å². The summed E-state index contributed by atoms with van der Waals surface area (Å²) in [5.74, 6) is -1.22. The summed E-state index contributed by atoms with van der Waals surface area (Å²) in [5.41, 5.74) is 1.07. The number of aromatic nitrogens is 1. The number of carbonyl (C=O) groups is 2. The number of nitrogens with zero attached hydrogens (tertiary/aromatic N) is 1. The number of aryl methyl sites for hydroxylation is 2. The number of amides is 2. The van der Waals surface area contributed by atoms with E-state index in [9.17, 15) is 18.0 Å². The van der Waals surface area contributed by atoms with E-state index in [0.717, 1.165) is 17.7 Å². The Balaban J connectivity index is 2.23. The van der Waals surface area contributed by atoms with Crippen molar-refractivity contribution in [2.45, 2.75) is 18.7 Å². The van der Waals surface area contributed by atoms with Crippen LogP contribution in [-0.4, -0.2) is 30.5 Å². The van der Waals surface area contributed by atoms with Gasteiger partial charge in [0, 0.05) is 5.69 Å². The molecule has 2 aromatic rings. The van der Waals surface area contributed by atoms with Crippen molar-refractivity contribution in [3.8, 4) is 0 Å². The monoisotopic (exact) mass is 349 g/mol. The van der Waals surface area contributed by atoms with Gasteiger partial charge in [0.05, 0.1) is 5.56 Å². The molecule has 0 aliphatic carbocycles. The quantitative estimate of drug-likeness (QED) is 0.774. The number of urea groups is 1. The molecule has 9 heteroatoms. The number of benzene rings is 1. The molecule has 2 amide bonds. The van der Waals surface area contributed by atoms with E-state index in [4.69, 9.17) is 5.11 Å². The summed E-state index contributed by atoms with van der Waals surface area (Å²) in [6.45, 7) is 3.54. The maximum absolute atomic E-state index is 12.2. The fraction of sp³-hybridized carbons (Fsp3) is 0.133. The highest BCUT2D eigenvalue weighted by Gasteiger charge is 2.24. The normalized spacial score (nSPS) is 10.9. The molecule has 0 unspecified atom stereocenters. The van der Waals surface area contributed by atoms with E-state index >= 15 is 0 Å². The van der Waals surface area contributed by atoms with Crippen molar-refractivity contribution in [2.75, 3.05) is 5.32 Å². The Hall–Kier alpha value is -2.94. The zero-order valence-electron chi connectivity index (χ0n) is 12.9. The second kappa shape index (κ2) is 6.67. The van der Waals surface area contributed by atoms with E-state index < -0.39 is 32.5 Å². The molecule has 0 bridgehead atoms. The van der Waals surface area contributed by atoms with Crippen molar-refractivity contribution in [3.05, 3.63) is 53.2 Å². The number of anilines is 1. The smallest absolute Gasteiger partial charge is 0.337 e. The van der Waals surface area contributed by atoms with E-state index in [-0.39, 0.29) is 5.82 Å². The highest BCUT2D eigenvalue weighted by molar-refractivity contribution is 7.90. The first-order valence-corrected chi connectivity index (χ1v) is 8.29. The van der Waals surface area contributed by atoms with Gasteiger partial charge in [-0.3, -0.25) is 5.32 Å². The maximum atomic E-state index is 12.2. The van der Waals surface area contributed by atoms with Gasteiger partial charge in [-0.05, 0) is 43.7 Å². The van der Waals surface area contributed by atoms with Crippen molar-refractivity contribution in [1.29, 1.82) is 0 Å². The third-order valence-corrected chi connectivity index (χ3v) is 4.36. The molecule has 0 aliphatic heterocycles. The van der Waals surface area contributed by atoms with Crippen molar-refractivity contribution in [3.63, 3.8) is 0 Å². The number of carbonyl (C=O) groups excluding carboxylic acids is 1. The Kier molecular flexibility index (Phi) is 4.84. The van der Waals surface area contributed by atoms with E-state index in [0.29, 0.717) is 5.69 Å². The van der Waals surface area contributed by atoms with Crippen LogP contribution in [0, 0.1) is 13.8 Å². The highest BCUT2D eigenvalue weighted by atomic mass is 32.2. The molecule has 0 saturated heterocycles. The van der Waals surface area contributed by atoms with Crippen LogP contribution in [0.3, 0.4) is 0 Å². The molecule has 3 N–H and O–H groups in total. The van der Waals surface area contributed by atoms with E-state index in [1.54, 1.807) is 30.7 Å². The summed E-state index contributed by atoms with van der Waals surface area (Å²) >= 11 is 0. The Morgan fingerprint density at radius 1 is 1.12 bits per heavy atom. The third kappa shape index (κ3) is 4.07. The van der Waals surface area contributed by atoms with Gasteiger partial charge in [0.15, 0.2) is 0 Å². The minimum Gasteiger partial charge on any atom is -0.478 e. The van der Waals surface area contributed by atoms with Gasteiger partial charge in [-0.2, -0.15) is 0 Å². The van der Waals surface area contributed by atoms with Crippen LogP contribution in [0.1, 0.15) is 21.6 Å². The second-order valence-electron chi connectivity index (χ2n) is 5.03. The minimum absolute atomic E-state index is 0.187. The van der Waals surface area contributed by atoms with Gasteiger partial charge in [0.2, 0.25) is 0 Å². The third-order valence-electron chi connectivity index (χ3n) is 2.97. The molecule has 0 aliphatic rings.